The SMILES string of the molecule is CC(C)(C)OC(=O)NC1CN(S(=O)(=O)O)C1=O. The fourth-order valence-corrected chi connectivity index (χ4v) is 1.85. The number of carbonyl (C=O) groups is 2. The third-order valence-electron chi connectivity index (χ3n) is 1.86. The molecular weight excluding hydrogens is 252 g/mol. The monoisotopic (exact) mass is 266 g/mol. The van der Waals surface area contributed by atoms with Crippen LogP contribution in [0.5, 0.6) is 0 Å². The Morgan fingerprint density at radius 2 is 2.06 bits per heavy atom. The normalized spacial score (nSPS) is 20.8. The molecule has 1 aliphatic heterocycles. The highest BCUT2D eigenvalue weighted by Gasteiger charge is 2.44. The third-order valence-corrected chi connectivity index (χ3v) is 2.75. The molecular formula is C8H14N2O6S. The van der Waals surface area contributed by atoms with Crippen LogP contribution in [0.4, 0.5) is 4.79 Å². The molecule has 0 aromatic heterocycles. The van der Waals surface area contributed by atoms with Crippen molar-refractivity contribution in [3.63, 3.8) is 0 Å². The first-order chi connectivity index (χ1) is 7.50. The maximum Gasteiger partial charge on any atom is 0.408 e. The average Bonchev–Trinajstić information content (AvgIpc) is 2.05. The van der Waals surface area contributed by atoms with Gasteiger partial charge in [-0.05, 0) is 20.8 Å². The van der Waals surface area contributed by atoms with Crippen molar-refractivity contribution in [3.05, 3.63) is 0 Å². The van der Waals surface area contributed by atoms with Gasteiger partial charge in [-0.2, -0.15) is 8.42 Å². The quantitative estimate of drug-likeness (QED) is 0.516. The van der Waals surface area contributed by atoms with Gasteiger partial charge in [0.25, 0.3) is 5.91 Å². The van der Waals surface area contributed by atoms with Gasteiger partial charge in [0, 0.05) is 0 Å². The lowest BCUT2D eigenvalue weighted by molar-refractivity contribution is -0.137. The van der Waals surface area contributed by atoms with Crippen molar-refractivity contribution >= 4 is 22.3 Å². The number of nitrogens with zero attached hydrogens (tertiary/aromatic N) is 1. The van der Waals surface area contributed by atoms with Gasteiger partial charge in [-0.25, -0.2) is 9.10 Å². The van der Waals surface area contributed by atoms with E-state index in [9.17, 15) is 18.0 Å². The minimum absolute atomic E-state index is 0.259. The van der Waals surface area contributed by atoms with Crippen LogP contribution in [0.3, 0.4) is 0 Å². The summed E-state index contributed by atoms with van der Waals surface area (Å²) in [5, 5.41) is 2.20. The van der Waals surface area contributed by atoms with E-state index >= 15 is 0 Å². The minimum Gasteiger partial charge on any atom is -0.444 e. The van der Waals surface area contributed by atoms with E-state index in [2.05, 4.69) is 5.32 Å². The molecule has 1 heterocycles. The molecule has 1 atom stereocenters. The molecule has 0 radical (unpaired) electrons. The molecule has 1 unspecified atom stereocenters. The number of β-lactam (4-membered cyclic amide) rings is 1. The van der Waals surface area contributed by atoms with Crippen LogP contribution in [0, 0.1) is 0 Å². The van der Waals surface area contributed by atoms with Crippen molar-refractivity contribution in [2.75, 3.05) is 6.54 Å². The molecule has 0 aromatic rings. The lowest BCUT2D eigenvalue weighted by atomic mass is 10.1. The van der Waals surface area contributed by atoms with E-state index in [4.69, 9.17) is 9.29 Å². The van der Waals surface area contributed by atoms with Gasteiger partial charge in [-0.15, -0.1) is 0 Å². The van der Waals surface area contributed by atoms with Gasteiger partial charge >= 0.3 is 16.4 Å². The Morgan fingerprint density at radius 3 is 2.41 bits per heavy atom. The summed E-state index contributed by atoms with van der Waals surface area (Å²) in [6.07, 6.45) is -0.814. The van der Waals surface area contributed by atoms with Gasteiger partial charge in [-0.1, -0.05) is 0 Å². The summed E-state index contributed by atoms with van der Waals surface area (Å²) in [4.78, 5) is 22.5. The van der Waals surface area contributed by atoms with Crippen LogP contribution in [0.2, 0.25) is 0 Å². The number of ether oxygens (including phenoxy) is 1. The van der Waals surface area contributed by atoms with Gasteiger partial charge in [0.1, 0.15) is 11.6 Å². The molecule has 1 aliphatic rings. The van der Waals surface area contributed by atoms with E-state index < -0.39 is 33.9 Å². The Labute approximate surface area is 98.8 Å². The van der Waals surface area contributed by atoms with Crippen LogP contribution < -0.4 is 5.32 Å². The highest BCUT2D eigenvalue weighted by atomic mass is 32.2. The average molecular weight is 266 g/mol. The number of alkyl carbamates (subject to hydrolysis) is 1. The highest BCUT2D eigenvalue weighted by Crippen LogP contribution is 2.15. The standard InChI is InChI=1S/C8H14N2O6S/c1-8(2,3)16-7(12)9-5-4-10(6(5)11)17(13,14)15/h5H,4H2,1-3H3,(H,9,12)(H,13,14,15). The van der Waals surface area contributed by atoms with E-state index in [1.54, 1.807) is 20.8 Å². The summed E-state index contributed by atoms with van der Waals surface area (Å²) in [6.45, 7) is 4.66. The predicted molar refractivity (Wildman–Crippen MR) is 56.4 cm³/mol. The Kier molecular flexibility index (Phi) is 3.35. The number of rotatable bonds is 2. The Bertz CT molecular complexity index is 437. The van der Waals surface area contributed by atoms with E-state index in [0.717, 1.165) is 0 Å². The Balaban J connectivity index is 2.48. The number of hydrogen-bond acceptors (Lipinski definition) is 5. The topological polar surface area (TPSA) is 113 Å². The van der Waals surface area contributed by atoms with Crippen LogP contribution >= 0.6 is 0 Å². The molecule has 9 heteroatoms. The van der Waals surface area contributed by atoms with Crippen molar-refractivity contribution < 1.29 is 27.3 Å². The third kappa shape index (κ3) is 3.56. The first-order valence-corrected chi connectivity index (χ1v) is 6.19. The van der Waals surface area contributed by atoms with Gasteiger partial charge in [0.15, 0.2) is 0 Å². The Morgan fingerprint density at radius 1 is 1.53 bits per heavy atom. The smallest absolute Gasteiger partial charge is 0.408 e. The summed E-state index contributed by atoms with van der Waals surface area (Å²) in [6, 6.07) is -0.980. The van der Waals surface area contributed by atoms with Crippen molar-refractivity contribution in [2.45, 2.75) is 32.4 Å². The fraction of sp³-hybridized carbons (Fsp3) is 0.750. The predicted octanol–water partition coefficient (Wildman–Crippen LogP) is -0.475. The lowest BCUT2D eigenvalue weighted by Gasteiger charge is -2.35. The van der Waals surface area contributed by atoms with E-state index in [1.807, 2.05) is 0 Å². The fourth-order valence-electron chi connectivity index (χ4n) is 1.16. The largest absolute Gasteiger partial charge is 0.444 e. The van der Waals surface area contributed by atoms with Crippen LogP contribution in [-0.4, -0.2) is 47.5 Å². The van der Waals surface area contributed by atoms with E-state index in [1.165, 1.54) is 0 Å². The molecule has 0 aromatic carbocycles. The van der Waals surface area contributed by atoms with Crippen LogP contribution in [-0.2, 0) is 19.8 Å². The van der Waals surface area contributed by atoms with Gasteiger partial charge < -0.3 is 10.1 Å². The minimum atomic E-state index is -4.53. The zero-order valence-corrected chi connectivity index (χ0v) is 10.4. The zero-order chi connectivity index (χ0) is 13.4. The summed E-state index contributed by atoms with van der Waals surface area (Å²) in [5.41, 5.74) is -0.709. The summed E-state index contributed by atoms with van der Waals surface area (Å²) in [7, 11) is -4.53. The molecule has 8 nitrogen and oxygen atoms in total. The maximum atomic E-state index is 11.2. The summed E-state index contributed by atoms with van der Waals surface area (Å²) >= 11 is 0. The molecule has 2 amide bonds. The van der Waals surface area contributed by atoms with Crippen LogP contribution in [0.1, 0.15) is 20.8 Å². The molecule has 1 fully saturated rings. The second-order valence-corrected chi connectivity index (χ2v) is 5.88. The molecule has 0 aliphatic carbocycles. The van der Waals surface area contributed by atoms with Gasteiger partial charge in [0.2, 0.25) is 0 Å². The summed E-state index contributed by atoms with van der Waals surface area (Å²) < 4.78 is 34.9. The number of amides is 2. The van der Waals surface area contributed by atoms with Crippen LogP contribution in [0.15, 0.2) is 0 Å². The lowest BCUT2D eigenvalue weighted by Crippen LogP contribution is -2.65. The van der Waals surface area contributed by atoms with Gasteiger partial charge in [0.05, 0.1) is 6.54 Å². The van der Waals surface area contributed by atoms with Gasteiger partial charge in [-0.3, -0.25) is 9.35 Å². The first-order valence-electron chi connectivity index (χ1n) is 4.79. The molecule has 17 heavy (non-hydrogen) atoms. The molecule has 98 valence electrons. The molecule has 1 saturated heterocycles. The molecule has 0 bridgehead atoms. The zero-order valence-electron chi connectivity index (χ0n) is 9.63. The van der Waals surface area contributed by atoms with Crippen molar-refractivity contribution in [2.24, 2.45) is 0 Å². The summed E-state index contributed by atoms with van der Waals surface area (Å²) in [5.74, 6) is -0.890. The molecule has 0 spiro atoms. The second kappa shape index (κ2) is 4.15. The molecule has 0 saturated carbocycles. The van der Waals surface area contributed by atoms with Crippen LogP contribution in [0.25, 0.3) is 0 Å². The number of hydrogen-bond donors (Lipinski definition) is 2. The number of carbonyl (C=O) groups excluding carboxylic acids is 2. The van der Waals surface area contributed by atoms with E-state index in [-0.39, 0.29) is 10.8 Å². The molecule has 1 rings (SSSR count). The van der Waals surface area contributed by atoms with E-state index in [0.29, 0.717) is 0 Å². The number of nitrogens with one attached hydrogen (secondary N) is 1. The van der Waals surface area contributed by atoms with Crippen molar-refractivity contribution in [1.82, 2.24) is 9.62 Å². The van der Waals surface area contributed by atoms with Crippen molar-refractivity contribution in [3.8, 4) is 0 Å². The second-order valence-electron chi connectivity index (χ2n) is 4.55. The molecule has 2 N–H and O–H groups in total. The maximum absolute atomic E-state index is 11.2. The Hall–Kier alpha value is -1.35. The van der Waals surface area contributed by atoms with Crippen molar-refractivity contribution in [1.29, 1.82) is 0 Å². The first kappa shape index (κ1) is 13.7. The highest BCUT2D eigenvalue weighted by molar-refractivity contribution is 7.84.